The summed E-state index contributed by atoms with van der Waals surface area (Å²) in [7, 11) is 2.21. The molecule has 2 N–H and O–H groups in total. The van der Waals surface area contributed by atoms with Crippen molar-refractivity contribution in [1.82, 2.24) is 4.90 Å². The summed E-state index contributed by atoms with van der Waals surface area (Å²) in [6.45, 7) is 12.0. The van der Waals surface area contributed by atoms with Crippen LogP contribution in [0.15, 0.2) is 12.1 Å². The van der Waals surface area contributed by atoms with E-state index in [9.17, 15) is 0 Å². The third kappa shape index (κ3) is 4.96. The van der Waals surface area contributed by atoms with E-state index in [2.05, 4.69) is 51.8 Å². The van der Waals surface area contributed by atoms with Crippen LogP contribution >= 0.6 is 0 Å². The van der Waals surface area contributed by atoms with Gasteiger partial charge in [-0.3, -0.25) is 0 Å². The predicted molar refractivity (Wildman–Crippen MR) is 84.7 cm³/mol. The Morgan fingerprint density at radius 2 is 1.84 bits per heavy atom. The summed E-state index contributed by atoms with van der Waals surface area (Å²) in [4.78, 5) is 2.43. The predicted octanol–water partition coefficient (Wildman–Crippen LogP) is 3.07. The molecule has 1 rings (SSSR count). The molecule has 0 radical (unpaired) electrons. The molecule has 0 aliphatic heterocycles. The number of likely N-dealkylation sites (N-methyl/N-ethyl adjacent to an activating group) is 1. The van der Waals surface area contributed by atoms with Gasteiger partial charge in [-0.1, -0.05) is 19.1 Å². The quantitative estimate of drug-likeness (QED) is 0.818. The number of rotatable bonds is 7. The van der Waals surface area contributed by atoms with Gasteiger partial charge >= 0.3 is 0 Å². The maximum absolute atomic E-state index is 5.60. The van der Waals surface area contributed by atoms with E-state index in [1.54, 1.807) is 0 Å². The van der Waals surface area contributed by atoms with Crippen molar-refractivity contribution in [2.24, 2.45) is 11.7 Å². The van der Waals surface area contributed by atoms with E-state index in [0.717, 1.165) is 32.5 Å². The second-order valence-corrected chi connectivity index (χ2v) is 5.99. The fraction of sp³-hybridized carbons (Fsp3) is 0.647. The van der Waals surface area contributed by atoms with Crippen LogP contribution in [0.5, 0.6) is 0 Å². The third-order valence-corrected chi connectivity index (χ3v) is 4.22. The maximum atomic E-state index is 5.60. The Morgan fingerprint density at radius 1 is 1.16 bits per heavy atom. The Labute approximate surface area is 119 Å². The molecule has 1 unspecified atom stereocenters. The van der Waals surface area contributed by atoms with Gasteiger partial charge in [-0.15, -0.1) is 0 Å². The van der Waals surface area contributed by atoms with Crippen molar-refractivity contribution >= 4 is 0 Å². The third-order valence-electron chi connectivity index (χ3n) is 4.22. The van der Waals surface area contributed by atoms with Gasteiger partial charge in [-0.2, -0.15) is 0 Å². The molecule has 0 heterocycles. The lowest BCUT2D eigenvalue weighted by atomic mass is 9.97. The first-order chi connectivity index (χ1) is 8.95. The van der Waals surface area contributed by atoms with E-state index >= 15 is 0 Å². The molecule has 0 saturated heterocycles. The molecule has 0 fully saturated rings. The Bertz CT molecular complexity index is 398. The second kappa shape index (κ2) is 7.66. The fourth-order valence-corrected chi connectivity index (χ4v) is 2.59. The van der Waals surface area contributed by atoms with E-state index in [1.807, 2.05) is 0 Å². The first-order valence-corrected chi connectivity index (χ1v) is 7.40. The average molecular weight is 262 g/mol. The van der Waals surface area contributed by atoms with Gasteiger partial charge in [0.2, 0.25) is 0 Å². The van der Waals surface area contributed by atoms with Gasteiger partial charge in [0.15, 0.2) is 0 Å². The zero-order valence-electron chi connectivity index (χ0n) is 13.3. The molecule has 19 heavy (non-hydrogen) atoms. The van der Waals surface area contributed by atoms with Gasteiger partial charge in [0.1, 0.15) is 0 Å². The number of nitrogens with two attached hydrogens (primary N) is 1. The van der Waals surface area contributed by atoms with Crippen LogP contribution in [0.2, 0.25) is 0 Å². The minimum atomic E-state index is 0.691. The Hall–Kier alpha value is -0.860. The number of hydrogen-bond acceptors (Lipinski definition) is 2. The van der Waals surface area contributed by atoms with E-state index in [-0.39, 0.29) is 0 Å². The lowest BCUT2D eigenvalue weighted by molar-refractivity contribution is 0.283. The number of benzene rings is 1. The summed E-state index contributed by atoms with van der Waals surface area (Å²) < 4.78 is 0. The van der Waals surface area contributed by atoms with E-state index in [1.165, 1.54) is 22.3 Å². The highest BCUT2D eigenvalue weighted by Crippen LogP contribution is 2.17. The molecule has 0 aliphatic rings. The molecule has 0 saturated carbocycles. The molecule has 1 aromatic rings. The van der Waals surface area contributed by atoms with Crippen LogP contribution in [0.1, 0.15) is 35.6 Å². The summed E-state index contributed by atoms with van der Waals surface area (Å²) in [5.74, 6) is 0.691. The van der Waals surface area contributed by atoms with E-state index in [4.69, 9.17) is 5.73 Å². The van der Waals surface area contributed by atoms with Crippen LogP contribution in [0, 0.1) is 26.7 Å². The molecule has 0 amide bonds. The van der Waals surface area contributed by atoms with Crippen LogP contribution in [-0.4, -0.2) is 31.6 Å². The largest absolute Gasteiger partial charge is 0.330 e. The van der Waals surface area contributed by atoms with Gasteiger partial charge in [-0.25, -0.2) is 0 Å². The zero-order valence-corrected chi connectivity index (χ0v) is 13.3. The molecule has 2 nitrogen and oxygen atoms in total. The van der Waals surface area contributed by atoms with Gasteiger partial charge < -0.3 is 10.6 Å². The highest BCUT2D eigenvalue weighted by Gasteiger charge is 2.08. The van der Waals surface area contributed by atoms with Crippen molar-refractivity contribution in [1.29, 1.82) is 0 Å². The smallest absolute Gasteiger partial charge is 0.00190 e. The SMILES string of the molecule is Cc1ccc(CCN(C)CC(C)CCN)c(C)c1C. The Balaban J connectivity index is 2.51. The molecule has 1 aromatic carbocycles. The van der Waals surface area contributed by atoms with Crippen molar-refractivity contribution in [2.45, 2.75) is 40.5 Å². The molecular formula is C17H30N2. The van der Waals surface area contributed by atoms with Gasteiger partial charge in [0.05, 0.1) is 0 Å². The van der Waals surface area contributed by atoms with Crippen molar-refractivity contribution in [3.63, 3.8) is 0 Å². The van der Waals surface area contributed by atoms with Crippen LogP contribution in [0.4, 0.5) is 0 Å². The number of hydrogen-bond donors (Lipinski definition) is 1. The van der Waals surface area contributed by atoms with Crippen LogP contribution in [-0.2, 0) is 6.42 Å². The second-order valence-electron chi connectivity index (χ2n) is 5.99. The normalized spacial score (nSPS) is 13.0. The first kappa shape index (κ1) is 16.2. The molecule has 0 aromatic heterocycles. The average Bonchev–Trinajstić information content (AvgIpc) is 2.35. The van der Waals surface area contributed by atoms with Crippen LogP contribution < -0.4 is 5.73 Å². The maximum Gasteiger partial charge on any atom is 0.00190 e. The lowest BCUT2D eigenvalue weighted by Gasteiger charge is -2.21. The zero-order chi connectivity index (χ0) is 14.4. The van der Waals surface area contributed by atoms with E-state index < -0.39 is 0 Å². The van der Waals surface area contributed by atoms with E-state index in [0.29, 0.717) is 5.92 Å². The monoisotopic (exact) mass is 262 g/mol. The summed E-state index contributed by atoms with van der Waals surface area (Å²) in [5, 5.41) is 0. The van der Waals surface area contributed by atoms with Crippen molar-refractivity contribution in [3.8, 4) is 0 Å². The number of nitrogens with zero attached hydrogens (tertiary/aromatic N) is 1. The molecule has 108 valence electrons. The topological polar surface area (TPSA) is 29.3 Å². The summed E-state index contributed by atoms with van der Waals surface area (Å²) in [5.41, 5.74) is 11.4. The molecule has 2 heteroatoms. The Kier molecular flexibility index (Phi) is 6.53. The standard InChI is InChI=1S/C17H30N2/c1-13(8-10-18)12-19(5)11-9-17-7-6-14(2)15(3)16(17)4/h6-7,13H,8-12,18H2,1-5H3. The fourth-order valence-electron chi connectivity index (χ4n) is 2.59. The molecule has 0 aliphatic carbocycles. The summed E-state index contributed by atoms with van der Waals surface area (Å²) >= 11 is 0. The minimum Gasteiger partial charge on any atom is -0.330 e. The van der Waals surface area contributed by atoms with Crippen LogP contribution in [0.25, 0.3) is 0 Å². The van der Waals surface area contributed by atoms with Crippen molar-refractivity contribution in [2.75, 3.05) is 26.7 Å². The number of aryl methyl sites for hydroxylation is 1. The summed E-state index contributed by atoms with van der Waals surface area (Å²) in [6, 6.07) is 4.53. The highest BCUT2D eigenvalue weighted by molar-refractivity contribution is 5.38. The highest BCUT2D eigenvalue weighted by atomic mass is 15.1. The van der Waals surface area contributed by atoms with Crippen molar-refractivity contribution in [3.05, 3.63) is 34.4 Å². The molecule has 1 atom stereocenters. The van der Waals surface area contributed by atoms with Gasteiger partial charge in [0.25, 0.3) is 0 Å². The van der Waals surface area contributed by atoms with Gasteiger partial charge in [0, 0.05) is 13.1 Å². The lowest BCUT2D eigenvalue weighted by Crippen LogP contribution is -2.27. The van der Waals surface area contributed by atoms with Crippen LogP contribution in [0.3, 0.4) is 0 Å². The summed E-state index contributed by atoms with van der Waals surface area (Å²) in [6.07, 6.45) is 2.26. The molecule has 0 spiro atoms. The van der Waals surface area contributed by atoms with Gasteiger partial charge in [-0.05, 0) is 75.4 Å². The molecule has 0 bridgehead atoms. The van der Waals surface area contributed by atoms with Crippen molar-refractivity contribution < 1.29 is 0 Å². The first-order valence-electron chi connectivity index (χ1n) is 7.40. The molecular weight excluding hydrogens is 232 g/mol. The Morgan fingerprint density at radius 3 is 2.47 bits per heavy atom. The minimum absolute atomic E-state index is 0.691.